The Morgan fingerprint density at radius 1 is 1.33 bits per heavy atom. The van der Waals surface area contributed by atoms with Crippen LogP contribution in [0, 0.1) is 0 Å². The molecule has 0 spiro atoms. The van der Waals surface area contributed by atoms with Crippen LogP contribution in [-0.2, 0) is 17.8 Å². The molecule has 1 saturated heterocycles. The lowest BCUT2D eigenvalue weighted by atomic mass is 10.1. The van der Waals surface area contributed by atoms with Crippen molar-refractivity contribution in [2.24, 2.45) is 0 Å². The summed E-state index contributed by atoms with van der Waals surface area (Å²) in [6.45, 7) is 1.98. The Bertz CT molecular complexity index is 665. The molecule has 2 amide bonds. The predicted octanol–water partition coefficient (Wildman–Crippen LogP) is 3.43. The second kappa shape index (κ2) is 8.17. The zero-order chi connectivity index (χ0) is 16.8. The van der Waals surface area contributed by atoms with E-state index in [2.05, 4.69) is 15.7 Å². The Morgan fingerprint density at radius 2 is 2.17 bits per heavy atom. The van der Waals surface area contributed by atoms with E-state index in [0.717, 1.165) is 25.0 Å². The molecule has 6 nitrogen and oxygen atoms in total. The summed E-state index contributed by atoms with van der Waals surface area (Å²) in [4.78, 5) is 11.9. The van der Waals surface area contributed by atoms with E-state index in [4.69, 9.17) is 16.3 Å². The maximum Gasteiger partial charge on any atom is 0.319 e. The Hall–Kier alpha value is -2.05. The number of aromatic nitrogens is 2. The molecule has 0 aliphatic carbocycles. The summed E-state index contributed by atoms with van der Waals surface area (Å²) < 4.78 is 7.51. The third-order valence-corrected chi connectivity index (χ3v) is 4.17. The van der Waals surface area contributed by atoms with Gasteiger partial charge >= 0.3 is 6.03 Å². The van der Waals surface area contributed by atoms with Crippen LogP contribution in [0.15, 0.2) is 36.7 Å². The molecule has 2 aromatic rings. The highest BCUT2D eigenvalue weighted by Crippen LogP contribution is 2.15. The number of anilines is 1. The van der Waals surface area contributed by atoms with Crippen molar-refractivity contribution in [3.63, 3.8) is 0 Å². The number of nitrogens with one attached hydrogen (secondary N) is 2. The average molecular weight is 349 g/mol. The third-order valence-electron chi connectivity index (χ3n) is 3.92. The SMILES string of the molecule is O=C(NCc1ccc(Cl)cc1)Nc1cnn(C[C@H]2CCCCO2)c1. The summed E-state index contributed by atoms with van der Waals surface area (Å²) in [6.07, 6.45) is 7.07. The fourth-order valence-corrected chi connectivity index (χ4v) is 2.77. The molecule has 24 heavy (non-hydrogen) atoms. The van der Waals surface area contributed by atoms with Crippen molar-refractivity contribution in [2.75, 3.05) is 11.9 Å². The van der Waals surface area contributed by atoms with Gasteiger partial charge in [0, 0.05) is 24.4 Å². The molecule has 1 aromatic carbocycles. The number of ether oxygens (including phenoxy) is 1. The lowest BCUT2D eigenvalue weighted by molar-refractivity contribution is 0.00401. The van der Waals surface area contributed by atoms with Gasteiger partial charge in [-0.3, -0.25) is 4.68 Å². The maximum atomic E-state index is 11.9. The molecule has 1 fully saturated rings. The summed E-state index contributed by atoms with van der Waals surface area (Å²) >= 11 is 5.84. The van der Waals surface area contributed by atoms with Crippen molar-refractivity contribution in [1.82, 2.24) is 15.1 Å². The number of carbonyl (C=O) groups is 1. The molecule has 1 atom stereocenters. The Labute approximate surface area is 146 Å². The van der Waals surface area contributed by atoms with Gasteiger partial charge in [0.25, 0.3) is 0 Å². The zero-order valence-electron chi connectivity index (χ0n) is 13.4. The molecule has 1 aliphatic heterocycles. The summed E-state index contributed by atoms with van der Waals surface area (Å²) in [7, 11) is 0. The van der Waals surface area contributed by atoms with Crippen LogP contribution in [0.25, 0.3) is 0 Å². The number of amides is 2. The number of urea groups is 1. The first kappa shape index (κ1) is 16.8. The van der Waals surface area contributed by atoms with Crippen LogP contribution in [0.2, 0.25) is 5.02 Å². The minimum Gasteiger partial charge on any atom is -0.376 e. The molecule has 0 unspecified atom stereocenters. The summed E-state index contributed by atoms with van der Waals surface area (Å²) in [5.74, 6) is 0. The smallest absolute Gasteiger partial charge is 0.319 e. The highest BCUT2D eigenvalue weighted by atomic mass is 35.5. The van der Waals surface area contributed by atoms with Crippen molar-refractivity contribution in [1.29, 1.82) is 0 Å². The Morgan fingerprint density at radius 3 is 2.92 bits per heavy atom. The third kappa shape index (κ3) is 4.97. The fraction of sp³-hybridized carbons (Fsp3) is 0.412. The van der Waals surface area contributed by atoms with Gasteiger partial charge in [-0.1, -0.05) is 23.7 Å². The molecule has 2 N–H and O–H groups in total. The van der Waals surface area contributed by atoms with E-state index in [0.29, 0.717) is 23.8 Å². The van der Waals surface area contributed by atoms with E-state index in [9.17, 15) is 4.79 Å². The number of benzene rings is 1. The van der Waals surface area contributed by atoms with Crippen molar-refractivity contribution in [2.45, 2.75) is 38.5 Å². The van der Waals surface area contributed by atoms with Gasteiger partial charge in [0.05, 0.1) is 24.5 Å². The van der Waals surface area contributed by atoms with E-state index in [-0.39, 0.29) is 12.1 Å². The first-order chi connectivity index (χ1) is 11.7. The van der Waals surface area contributed by atoms with Crippen LogP contribution in [-0.4, -0.2) is 28.5 Å². The van der Waals surface area contributed by atoms with Crippen molar-refractivity contribution < 1.29 is 9.53 Å². The number of halogens is 1. The number of nitrogens with zero attached hydrogens (tertiary/aromatic N) is 2. The first-order valence-electron chi connectivity index (χ1n) is 8.12. The molecule has 0 bridgehead atoms. The topological polar surface area (TPSA) is 68.2 Å². The standard InChI is InChI=1S/C17H21ClN4O2/c18-14-6-4-13(5-7-14)9-19-17(23)21-15-10-20-22(11-15)12-16-3-1-2-8-24-16/h4-7,10-11,16H,1-3,8-9,12H2,(H2,19,21,23)/t16-/m1/s1. The predicted molar refractivity (Wildman–Crippen MR) is 93.1 cm³/mol. The Kier molecular flexibility index (Phi) is 5.72. The molecule has 7 heteroatoms. The second-order valence-electron chi connectivity index (χ2n) is 5.87. The Balaban J connectivity index is 1.45. The highest BCUT2D eigenvalue weighted by molar-refractivity contribution is 6.30. The molecule has 0 radical (unpaired) electrons. The number of hydrogen-bond donors (Lipinski definition) is 2. The van der Waals surface area contributed by atoms with E-state index in [1.54, 1.807) is 18.3 Å². The van der Waals surface area contributed by atoms with E-state index < -0.39 is 0 Å². The van der Waals surface area contributed by atoms with Gasteiger partial charge in [-0.05, 0) is 37.0 Å². The van der Waals surface area contributed by atoms with Crippen molar-refractivity contribution in [3.8, 4) is 0 Å². The van der Waals surface area contributed by atoms with Crippen LogP contribution < -0.4 is 10.6 Å². The van der Waals surface area contributed by atoms with E-state index >= 15 is 0 Å². The van der Waals surface area contributed by atoms with Gasteiger partial charge in [0.1, 0.15) is 0 Å². The zero-order valence-corrected chi connectivity index (χ0v) is 14.1. The monoisotopic (exact) mass is 348 g/mol. The number of rotatable bonds is 5. The van der Waals surface area contributed by atoms with Crippen molar-refractivity contribution >= 4 is 23.3 Å². The van der Waals surface area contributed by atoms with Crippen molar-refractivity contribution in [3.05, 3.63) is 47.2 Å². The summed E-state index contributed by atoms with van der Waals surface area (Å²) in [5, 5.41) is 10.5. The van der Waals surface area contributed by atoms with Crippen LogP contribution in [0.3, 0.4) is 0 Å². The molecular formula is C17H21ClN4O2. The number of carbonyl (C=O) groups excluding carboxylic acids is 1. The van der Waals surface area contributed by atoms with Crippen LogP contribution in [0.5, 0.6) is 0 Å². The van der Waals surface area contributed by atoms with E-state index in [1.165, 1.54) is 6.42 Å². The normalized spacial score (nSPS) is 17.5. The first-order valence-corrected chi connectivity index (χ1v) is 8.50. The molecular weight excluding hydrogens is 328 g/mol. The lowest BCUT2D eigenvalue weighted by Crippen LogP contribution is -2.28. The molecule has 1 aromatic heterocycles. The fourth-order valence-electron chi connectivity index (χ4n) is 2.65. The van der Waals surface area contributed by atoms with Gasteiger partial charge < -0.3 is 15.4 Å². The molecule has 1 aliphatic rings. The van der Waals surface area contributed by atoms with Gasteiger partial charge in [0.2, 0.25) is 0 Å². The average Bonchev–Trinajstić information content (AvgIpc) is 3.02. The number of hydrogen-bond acceptors (Lipinski definition) is 3. The molecule has 0 saturated carbocycles. The summed E-state index contributed by atoms with van der Waals surface area (Å²) in [5.41, 5.74) is 1.65. The summed E-state index contributed by atoms with van der Waals surface area (Å²) in [6, 6.07) is 7.09. The molecule has 2 heterocycles. The van der Waals surface area contributed by atoms with Crippen LogP contribution >= 0.6 is 11.6 Å². The molecule has 128 valence electrons. The van der Waals surface area contributed by atoms with Gasteiger partial charge in [-0.2, -0.15) is 5.10 Å². The van der Waals surface area contributed by atoms with Gasteiger partial charge in [-0.25, -0.2) is 4.79 Å². The lowest BCUT2D eigenvalue weighted by Gasteiger charge is -2.22. The largest absolute Gasteiger partial charge is 0.376 e. The minimum absolute atomic E-state index is 0.213. The van der Waals surface area contributed by atoms with E-state index in [1.807, 2.05) is 23.0 Å². The minimum atomic E-state index is -0.265. The quantitative estimate of drug-likeness (QED) is 0.869. The molecule has 3 rings (SSSR count). The van der Waals surface area contributed by atoms with Crippen LogP contribution in [0.1, 0.15) is 24.8 Å². The van der Waals surface area contributed by atoms with Gasteiger partial charge in [-0.15, -0.1) is 0 Å². The van der Waals surface area contributed by atoms with Crippen LogP contribution in [0.4, 0.5) is 10.5 Å². The second-order valence-corrected chi connectivity index (χ2v) is 6.31. The highest BCUT2D eigenvalue weighted by Gasteiger charge is 2.15. The van der Waals surface area contributed by atoms with Gasteiger partial charge in [0.15, 0.2) is 0 Å². The maximum absolute atomic E-state index is 11.9.